The fraction of sp³-hybridized carbons (Fsp3) is 0.474. The molecule has 8 heteroatoms. The first kappa shape index (κ1) is 23.5. The summed E-state index contributed by atoms with van der Waals surface area (Å²) in [6.07, 6.45) is 0.843. The number of nitrogens with one attached hydrogen (secondary N) is 1. The lowest BCUT2D eigenvalue weighted by molar-refractivity contribution is 0.310. The van der Waals surface area contributed by atoms with E-state index in [0.29, 0.717) is 13.2 Å². The maximum Gasteiger partial charge on any atom is 0.194 e. The van der Waals surface area contributed by atoms with Gasteiger partial charge >= 0.3 is 0 Å². The first-order chi connectivity index (χ1) is 12.6. The topological polar surface area (TPSA) is 59.0 Å². The molecule has 2 aromatic rings. The molecular formula is C19H29IN4O2S. The third-order valence-corrected chi connectivity index (χ3v) is 4.46. The highest BCUT2D eigenvalue weighted by molar-refractivity contribution is 14.0. The van der Waals surface area contributed by atoms with Gasteiger partial charge < -0.3 is 19.7 Å². The Morgan fingerprint density at radius 2 is 2.11 bits per heavy atom. The number of guanidine groups is 1. The Morgan fingerprint density at radius 1 is 1.33 bits per heavy atom. The molecule has 0 aliphatic heterocycles. The van der Waals surface area contributed by atoms with Crippen LogP contribution in [0.15, 0.2) is 34.6 Å². The summed E-state index contributed by atoms with van der Waals surface area (Å²) in [6, 6.07) is 7.64. The third kappa shape index (κ3) is 8.34. The zero-order valence-corrected chi connectivity index (χ0v) is 19.5. The fourth-order valence-corrected chi connectivity index (χ4v) is 3.00. The lowest BCUT2D eigenvalue weighted by Crippen LogP contribution is -2.38. The van der Waals surface area contributed by atoms with E-state index < -0.39 is 0 Å². The summed E-state index contributed by atoms with van der Waals surface area (Å²) in [6.45, 7) is 6.99. The Morgan fingerprint density at radius 3 is 2.78 bits per heavy atom. The van der Waals surface area contributed by atoms with Gasteiger partial charge in [0.25, 0.3) is 0 Å². The number of rotatable bonds is 9. The molecule has 0 spiro atoms. The summed E-state index contributed by atoms with van der Waals surface area (Å²) < 4.78 is 11.0. The minimum Gasteiger partial charge on any atom is -0.497 e. The minimum atomic E-state index is 0. The van der Waals surface area contributed by atoms with Crippen LogP contribution in [-0.2, 0) is 6.54 Å². The Balaban J connectivity index is 0.00000364. The van der Waals surface area contributed by atoms with Crippen molar-refractivity contribution in [3.63, 3.8) is 0 Å². The smallest absolute Gasteiger partial charge is 0.194 e. The van der Waals surface area contributed by atoms with Gasteiger partial charge in [-0.2, -0.15) is 0 Å². The van der Waals surface area contributed by atoms with Crippen LogP contribution in [-0.4, -0.2) is 49.7 Å². The van der Waals surface area contributed by atoms with Crippen molar-refractivity contribution in [1.82, 2.24) is 15.2 Å². The molecule has 0 aliphatic carbocycles. The monoisotopic (exact) mass is 504 g/mol. The Bertz CT molecular complexity index is 709. The first-order valence-corrected chi connectivity index (χ1v) is 9.67. The first-order valence-electron chi connectivity index (χ1n) is 8.79. The Kier molecular flexibility index (Phi) is 11.1. The van der Waals surface area contributed by atoms with E-state index in [9.17, 15) is 0 Å². The second kappa shape index (κ2) is 12.8. The van der Waals surface area contributed by atoms with E-state index >= 15 is 0 Å². The van der Waals surface area contributed by atoms with E-state index in [-0.39, 0.29) is 24.0 Å². The van der Waals surface area contributed by atoms with Gasteiger partial charge in [0.05, 0.1) is 31.0 Å². The molecule has 1 heterocycles. The lowest BCUT2D eigenvalue weighted by Gasteiger charge is -2.21. The van der Waals surface area contributed by atoms with E-state index in [2.05, 4.69) is 32.5 Å². The van der Waals surface area contributed by atoms with Gasteiger partial charge in [0.15, 0.2) is 5.96 Å². The average Bonchev–Trinajstić information content (AvgIpc) is 3.05. The normalized spacial score (nSPS) is 10.9. The summed E-state index contributed by atoms with van der Waals surface area (Å²) in [5, 5.41) is 6.51. The molecule has 27 heavy (non-hydrogen) atoms. The molecule has 1 aromatic heterocycles. The van der Waals surface area contributed by atoms with Gasteiger partial charge in [0, 0.05) is 38.0 Å². The van der Waals surface area contributed by atoms with E-state index in [1.54, 1.807) is 18.4 Å². The highest BCUT2D eigenvalue weighted by atomic mass is 127. The van der Waals surface area contributed by atoms with Crippen molar-refractivity contribution >= 4 is 41.3 Å². The molecule has 0 saturated carbocycles. The van der Waals surface area contributed by atoms with Gasteiger partial charge in [-0.05, 0) is 26.0 Å². The predicted octanol–water partition coefficient (Wildman–Crippen LogP) is 3.94. The summed E-state index contributed by atoms with van der Waals surface area (Å²) in [5.41, 5.74) is 1.07. The largest absolute Gasteiger partial charge is 0.497 e. The SMILES string of the molecule is CCNC(=NCCCOc1cccc(OC)c1)N(C)Cc1csc(C)n1.I. The van der Waals surface area contributed by atoms with Crippen LogP contribution in [0, 0.1) is 6.92 Å². The molecule has 2 rings (SSSR count). The van der Waals surface area contributed by atoms with E-state index in [1.807, 2.05) is 38.2 Å². The zero-order valence-electron chi connectivity index (χ0n) is 16.4. The number of aryl methyl sites for hydroxylation is 1. The van der Waals surface area contributed by atoms with Gasteiger partial charge in [0.2, 0.25) is 0 Å². The van der Waals surface area contributed by atoms with Crippen LogP contribution in [0.25, 0.3) is 0 Å². The average molecular weight is 504 g/mol. The van der Waals surface area contributed by atoms with Crippen LogP contribution in [0.3, 0.4) is 0 Å². The number of halogens is 1. The number of methoxy groups -OCH3 is 1. The van der Waals surface area contributed by atoms with Gasteiger partial charge in [-0.15, -0.1) is 35.3 Å². The number of benzene rings is 1. The summed E-state index contributed by atoms with van der Waals surface area (Å²) in [5.74, 6) is 2.50. The number of ether oxygens (including phenoxy) is 2. The van der Waals surface area contributed by atoms with Crippen LogP contribution >= 0.6 is 35.3 Å². The number of nitrogens with zero attached hydrogens (tertiary/aromatic N) is 3. The lowest BCUT2D eigenvalue weighted by atomic mass is 10.3. The van der Waals surface area contributed by atoms with Crippen LogP contribution in [0.1, 0.15) is 24.0 Å². The Hall–Kier alpha value is -1.55. The molecule has 1 N–H and O–H groups in total. The van der Waals surface area contributed by atoms with Crippen LogP contribution < -0.4 is 14.8 Å². The molecular weight excluding hydrogens is 475 g/mol. The summed E-state index contributed by atoms with van der Waals surface area (Å²) in [4.78, 5) is 11.3. The fourth-order valence-electron chi connectivity index (χ4n) is 2.40. The number of aromatic nitrogens is 1. The number of hydrogen-bond acceptors (Lipinski definition) is 5. The van der Waals surface area contributed by atoms with Crippen molar-refractivity contribution in [3.05, 3.63) is 40.3 Å². The third-order valence-electron chi connectivity index (χ3n) is 3.64. The highest BCUT2D eigenvalue weighted by Gasteiger charge is 2.08. The zero-order chi connectivity index (χ0) is 18.8. The molecule has 0 aliphatic rings. The molecule has 6 nitrogen and oxygen atoms in total. The predicted molar refractivity (Wildman–Crippen MR) is 123 cm³/mol. The molecule has 0 unspecified atom stereocenters. The molecule has 0 amide bonds. The number of aliphatic imine (C=N–C) groups is 1. The van der Waals surface area contributed by atoms with Gasteiger partial charge in [-0.25, -0.2) is 4.98 Å². The molecule has 0 saturated heterocycles. The Labute approximate surface area is 183 Å². The molecule has 0 radical (unpaired) electrons. The number of thiazole rings is 1. The maximum atomic E-state index is 5.76. The van der Waals surface area contributed by atoms with Crippen molar-refractivity contribution in [3.8, 4) is 11.5 Å². The van der Waals surface area contributed by atoms with Crippen LogP contribution in [0.4, 0.5) is 0 Å². The number of hydrogen-bond donors (Lipinski definition) is 1. The molecule has 0 atom stereocenters. The van der Waals surface area contributed by atoms with Crippen LogP contribution in [0.5, 0.6) is 11.5 Å². The molecule has 150 valence electrons. The van der Waals surface area contributed by atoms with Gasteiger partial charge in [-0.3, -0.25) is 4.99 Å². The maximum absolute atomic E-state index is 5.76. The quantitative estimate of drug-likeness (QED) is 0.243. The van der Waals surface area contributed by atoms with E-state index in [1.165, 1.54) is 0 Å². The minimum absolute atomic E-state index is 0. The van der Waals surface area contributed by atoms with Crippen molar-refractivity contribution in [2.24, 2.45) is 4.99 Å². The highest BCUT2D eigenvalue weighted by Crippen LogP contribution is 2.18. The van der Waals surface area contributed by atoms with E-state index in [4.69, 9.17) is 9.47 Å². The molecule has 1 aromatic carbocycles. The second-order valence-corrected chi connectivity index (χ2v) is 6.89. The standard InChI is InChI=1S/C19H28N4O2S.HI/c1-5-20-19(23(3)13-16-14-26-15(2)22-16)21-10-7-11-25-18-9-6-8-17(12-18)24-4;/h6,8-9,12,14H,5,7,10-11,13H2,1-4H3,(H,20,21);1H. The molecule has 0 bridgehead atoms. The molecule has 0 fully saturated rings. The second-order valence-electron chi connectivity index (χ2n) is 5.83. The summed E-state index contributed by atoms with van der Waals surface area (Å²) in [7, 11) is 3.68. The summed E-state index contributed by atoms with van der Waals surface area (Å²) >= 11 is 1.67. The van der Waals surface area contributed by atoms with Crippen LogP contribution in [0.2, 0.25) is 0 Å². The van der Waals surface area contributed by atoms with Crippen molar-refractivity contribution < 1.29 is 9.47 Å². The van der Waals surface area contributed by atoms with Gasteiger partial charge in [-0.1, -0.05) is 6.07 Å². The van der Waals surface area contributed by atoms with Gasteiger partial charge in [0.1, 0.15) is 11.5 Å². The van der Waals surface area contributed by atoms with E-state index in [0.717, 1.165) is 47.7 Å². The van der Waals surface area contributed by atoms with Crippen molar-refractivity contribution in [1.29, 1.82) is 0 Å². The van der Waals surface area contributed by atoms with Crippen molar-refractivity contribution in [2.45, 2.75) is 26.8 Å². The van der Waals surface area contributed by atoms with Crippen molar-refractivity contribution in [2.75, 3.05) is 33.9 Å².